The van der Waals surface area contributed by atoms with Crippen molar-refractivity contribution in [1.82, 2.24) is 8.61 Å². The van der Waals surface area contributed by atoms with Crippen LogP contribution in [0.4, 0.5) is 0 Å². The second-order valence-electron chi connectivity index (χ2n) is 8.80. The van der Waals surface area contributed by atoms with Gasteiger partial charge in [-0.1, -0.05) is 25.3 Å². The van der Waals surface area contributed by atoms with E-state index in [2.05, 4.69) is 0 Å². The van der Waals surface area contributed by atoms with Crippen LogP contribution in [0.1, 0.15) is 49.8 Å². The van der Waals surface area contributed by atoms with Crippen molar-refractivity contribution in [3.05, 3.63) is 46.7 Å². The number of hydrogen-bond acceptors (Lipinski definition) is 6. The third-order valence-electron chi connectivity index (χ3n) is 6.57. The van der Waals surface area contributed by atoms with E-state index in [0.717, 1.165) is 49.8 Å². The van der Waals surface area contributed by atoms with Crippen LogP contribution in [-0.4, -0.2) is 57.8 Å². The molecule has 4 rings (SSSR count). The summed E-state index contributed by atoms with van der Waals surface area (Å²) >= 11 is 1.51. The molecule has 1 aromatic heterocycles. The van der Waals surface area contributed by atoms with Gasteiger partial charge in [-0.05, 0) is 61.4 Å². The molecule has 10 heteroatoms. The number of hydrogen-bond donors (Lipinski definition) is 0. The normalized spacial score (nSPS) is 20.6. The van der Waals surface area contributed by atoms with Gasteiger partial charge in [0.1, 0.15) is 0 Å². The molecule has 1 aromatic carbocycles. The minimum atomic E-state index is -3.82. The van der Waals surface area contributed by atoms with Gasteiger partial charge in [-0.25, -0.2) is 16.8 Å². The molecule has 0 unspecified atom stereocenters. The standard InChI is InChI=1S/C23H32N2O5S3/c1-24(19-7-3-2-4-8-19)32(26,27)22-11-13-23(14-12-22)33(28,29)25(17-20-9-5-15-30-20)18-21-10-6-16-31-21/h6,10-14,16,19-20H,2-5,7-9,15,17-18H2,1H3/t20-/m1/s1. The summed E-state index contributed by atoms with van der Waals surface area (Å²) in [6, 6.07) is 9.47. The molecule has 1 atom stereocenters. The second kappa shape index (κ2) is 10.5. The molecule has 2 heterocycles. The van der Waals surface area contributed by atoms with Crippen molar-refractivity contribution in [3.8, 4) is 0 Å². The Hall–Kier alpha value is -1.30. The summed E-state index contributed by atoms with van der Waals surface area (Å²) in [5.41, 5.74) is 0. The van der Waals surface area contributed by atoms with Crippen LogP contribution >= 0.6 is 11.3 Å². The number of sulfonamides is 2. The van der Waals surface area contributed by atoms with E-state index in [9.17, 15) is 16.8 Å². The molecule has 7 nitrogen and oxygen atoms in total. The van der Waals surface area contributed by atoms with E-state index in [-0.39, 0.29) is 35.0 Å². The van der Waals surface area contributed by atoms with Crippen molar-refractivity contribution >= 4 is 31.4 Å². The number of ether oxygens (including phenoxy) is 1. The van der Waals surface area contributed by atoms with Gasteiger partial charge in [-0.2, -0.15) is 8.61 Å². The van der Waals surface area contributed by atoms with Crippen molar-refractivity contribution in [1.29, 1.82) is 0 Å². The molecule has 1 saturated carbocycles. The average Bonchev–Trinajstić information content (AvgIpc) is 3.53. The molecule has 182 valence electrons. The van der Waals surface area contributed by atoms with Gasteiger partial charge in [0, 0.05) is 37.7 Å². The van der Waals surface area contributed by atoms with Gasteiger partial charge >= 0.3 is 0 Å². The van der Waals surface area contributed by atoms with Gasteiger partial charge < -0.3 is 4.74 Å². The van der Waals surface area contributed by atoms with Crippen molar-refractivity contribution in [2.75, 3.05) is 20.2 Å². The molecule has 0 radical (unpaired) electrons. The predicted octanol–water partition coefficient (Wildman–Crippen LogP) is 4.07. The van der Waals surface area contributed by atoms with Gasteiger partial charge in [0.15, 0.2) is 0 Å². The van der Waals surface area contributed by atoms with E-state index in [1.807, 2.05) is 17.5 Å². The lowest BCUT2D eigenvalue weighted by molar-refractivity contribution is 0.0927. The van der Waals surface area contributed by atoms with Crippen LogP contribution in [0.5, 0.6) is 0 Å². The first-order chi connectivity index (χ1) is 15.8. The molecule has 0 N–H and O–H groups in total. The summed E-state index contributed by atoms with van der Waals surface area (Å²) in [5, 5.41) is 1.93. The predicted molar refractivity (Wildman–Crippen MR) is 129 cm³/mol. The lowest BCUT2D eigenvalue weighted by Crippen LogP contribution is -2.38. The number of thiophene rings is 1. The molecule has 2 aromatic rings. The van der Waals surface area contributed by atoms with Crippen molar-refractivity contribution < 1.29 is 21.6 Å². The largest absolute Gasteiger partial charge is 0.377 e. The molecule has 1 saturated heterocycles. The van der Waals surface area contributed by atoms with E-state index < -0.39 is 20.0 Å². The fraction of sp³-hybridized carbons (Fsp3) is 0.565. The summed E-state index contributed by atoms with van der Waals surface area (Å²) in [6.07, 6.45) is 6.58. The molecule has 0 bridgehead atoms. The third kappa shape index (κ3) is 5.68. The van der Waals surface area contributed by atoms with E-state index in [0.29, 0.717) is 6.61 Å². The highest BCUT2D eigenvalue weighted by Crippen LogP contribution is 2.28. The summed E-state index contributed by atoms with van der Waals surface area (Å²) < 4.78 is 61.8. The highest BCUT2D eigenvalue weighted by Gasteiger charge is 2.32. The van der Waals surface area contributed by atoms with E-state index in [1.54, 1.807) is 7.05 Å². The van der Waals surface area contributed by atoms with Crippen LogP contribution in [0, 0.1) is 0 Å². The Balaban J connectivity index is 1.55. The van der Waals surface area contributed by atoms with Gasteiger partial charge in [0.05, 0.1) is 15.9 Å². The molecule has 0 spiro atoms. The minimum Gasteiger partial charge on any atom is -0.377 e. The molecule has 1 aliphatic heterocycles. The van der Waals surface area contributed by atoms with Crippen molar-refractivity contribution in [3.63, 3.8) is 0 Å². The van der Waals surface area contributed by atoms with Crippen LogP contribution in [0.25, 0.3) is 0 Å². The van der Waals surface area contributed by atoms with Crippen LogP contribution in [-0.2, 0) is 31.3 Å². The Bertz CT molecular complexity index is 1100. The molecule has 2 aliphatic rings. The van der Waals surface area contributed by atoms with Crippen LogP contribution in [0.2, 0.25) is 0 Å². The number of rotatable bonds is 9. The zero-order valence-corrected chi connectivity index (χ0v) is 21.4. The quantitative estimate of drug-likeness (QED) is 0.506. The van der Waals surface area contributed by atoms with Crippen molar-refractivity contribution in [2.45, 2.75) is 73.4 Å². The highest BCUT2D eigenvalue weighted by molar-refractivity contribution is 7.89. The summed E-state index contributed by atoms with van der Waals surface area (Å²) in [4.78, 5) is 1.17. The molecule has 1 aliphatic carbocycles. The third-order valence-corrected chi connectivity index (χ3v) is 11.2. The summed E-state index contributed by atoms with van der Waals surface area (Å²) in [5.74, 6) is 0. The topological polar surface area (TPSA) is 84.0 Å². The maximum Gasteiger partial charge on any atom is 0.243 e. The molecule has 0 amide bonds. The van der Waals surface area contributed by atoms with E-state index in [4.69, 9.17) is 4.74 Å². The van der Waals surface area contributed by atoms with Gasteiger partial charge in [-0.3, -0.25) is 0 Å². The molecular formula is C23H32N2O5S3. The Kier molecular flexibility index (Phi) is 7.92. The SMILES string of the molecule is CN(C1CCCCC1)S(=O)(=O)c1ccc(S(=O)(=O)N(Cc2cccs2)C[C@H]2CCCO2)cc1. The zero-order chi connectivity index (χ0) is 23.5. The maximum absolute atomic E-state index is 13.5. The van der Waals surface area contributed by atoms with Crippen LogP contribution < -0.4 is 0 Å². The van der Waals surface area contributed by atoms with Gasteiger partial charge in [0.25, 0.3) is 0 Å². The minimum absolute atomic E-state index is 0.000131. The lowest BCUT2D eigenvalue weighted by Gasteiger charge is -2.30. The Morgan fingerprint density at radius 3 is 2.15 bits per heavy atom. The average molecular weight is 513 g/mol. The molecule has 33 heavy (non-hydrogen) atoms. The zero-order valence-electron chi connectivity index (χ0n) is 18.9. The molecular weight excluding hydrogens is 480 g/mol. The fourth-order valence-electron chi connectivity index (χ4n) is 4.58. The monoisotopic (exact) mass is 512 g/mol. The first kappa shape index (κ1) is 24.8. The van der Waals surface area contributed by atoms with Crippen LogP contribution in [0.3, 0.4) is 0 Å². The van der Waals surface area contributed by atoms with Crippen molar-refractivity contribution in [2.24, 2.45) is 0 Å². The molecule has 2 fully saturated rings. The smallest absolute Gasteiger partial charge is 0.243 e. The highest BCUT2D eigenvalue weighted by atomic mass is 32.2. The second-order valence-corrected chi connectivity index (χ2v) is 13.8. The fourth-order valence-corrected chi connectivity index (χ4v) is 8.25. The van der Waals surface area contributed by atoms with Gasteiger partial charge in [0.2, 0.25) is 20.0 Å². The summed E-state index contributed by atoms with van der Waals surface area (Å²) in [7, 11) is -5.86. The maximum atomic E-state index is 13.5. The number of nitrogens with zero attached hydrogens (tertiary/aromatic N) is 2. The Morgan fingerprint density at radius 2 is 1.58 bits per heavy atom. The first-order valence-electron chi connectivity index (χ1n) is 11.5. The number of benzene rings is 1. The first-order valence-corrected chi connectivity index (χ1v) is 15.3. The Morgan fingerprint density at radius 1 is 0.909 bits per heavy atom. The lowest BCUT2D eigenvalue weighted by atomic mass is 9.96. The summed E-state index contributed by atoms with van der Waals surface area (Å²) in [6.45, 7) is 1.20. The van der Waals surface area contributed by atoms with E-state index in [1.165, 1.54) is 44.2 Å². The van der Waals surface area contributed by atoms with E-state index >= 15 is 0 Å². The Labute approximate surface area is 201 Å². The van der Waals surface area contributed by atoms with Gasteiger partial charge in [-0.15, -0.1) is 11.3 Å². The van der Waals surface area contributed by atoms with Crippen LogP contribution in [0.15, 0.2) is 51.6 Å².